The van der Waals surface area contributed by atoms with Gasteiger partial charge < -0.3 is 10.1 Å². The molecule has 24 heavy (non-hydrogen) atoms. The molecule has 3 N–H and O–H groups in total. The number of hydrogen-bond donors (Lipinski definition) is 2. The van der Waals surface area contributed by atoms with Crippen LogP contribution in [0.25, 0.3) is 0 Å². The molecule has 0 radical (unpaired) electrons. The predicted molar refractivity (Wildman–Crippen MR) is 99.4 cm³/mol. The van der Waals surface area contributed by atoms with Crippen LogP contribution < -0.4 is 11.2 Å². The number of hydrogen-bond acceptors (Lipinski definition) is 4. The van der Waals surface area contributed by atoms with Crippen molar-refractivity contribution in [3.8, 4) is 0 Å². The predicted octanol–water partition coefficient (Wildman–Crippen LogP) is 3.67. The molecule has 0 aromatic heterocycles. The first kappa shape index (κ1) is 23.4. The number of carbonyl (C=O) groups is 1. The molecule has 0 spiro atoms. The standard InChI is InChI=1S/C19H40N2O3/c1-14(12-15(2)21-16(22)13-24-20)19(8,9)23-11-10-18(6,7)17(3,4)5/h14-15H,10-13,20H2,1-9H3,(H,21,22). The summed E-state index contributed by atoms with van der Waals surface area (Å²) in [6.07, 6.45) is 1.86. The second kappa shape index (κ2) is 9.16. The van der Waals surface area contributed by atoms with Gasteiger partial charge in [0.05, 0.1) is 5.60 Å². The second-order valence-corrected chi connectivity index (χ2v) is 9.25. The van der Waals surface area contributed by atoms with Crippen LogP contribution in [0.4, 0.5) is 0 Å². The molecule has 2 atom stereocenters. The van der Waals surface area contributed by atoms with Crippen molar-refractivity contribution in [2.75, 3.05) is 13.2 Å². The largest absolute Gasteiger partial charge is 0.375 e. The highest BCUT2D eigenvalue weighted by Crippen LogP contribution is 2.41. The molecule has 0 heterocycles. The quantitative estimate of drug-likeness (QED) is 0.593. The van der Waals surface area contributed by atoms with Crippen LogP contribution in [0.15, 0.2) is 0 Å². The Bertz CT molecular complexity index is 387. The summed E-state index contributed by atoms with van der Waals surface area (Å²) in [5, 5.41) is 2.88. The fraction of sp³-hybridized carbons (Fsp3) is 0.947. The van der Waals surface area contributed by atoms with Gasteiger partial charge in [0.1, 0.15) is 6.61 Å². The molecule has 0 bridgehead atoms. The first-order valence-electron chi connectivity index (χ1n) is 8.98. The smallest absolute Gasteiger partial charge is 0.248 e. The lowest BCUT2D eigenvalue weighted by molar-refractivity contribution is -0.126. The Morgan fingerprint density at radius 2 is 1.62 bits per heavy atom. The van der Waals surface area contributed by atoms with Gasteiger partial charge >= 0.3 is 0 Å². The summed E-state index contributed by atoms with van der Waals surface area (Å²) in [5.74, 6) is 5.03. The zero-order valence-corrected chi connectivity index (χ0v) is 17.3. The molecular formula is C19H40N2O3. The van der Waals surface area contributed by atoms with Crippen LogP contribution in [-0.2, 0) is 14.4 Å². The molecule has 144 valence electrons. The van der Waals surface area contributed by atoms with E-state index in [2.05, 4.69) is 65.5 Å². The Hall–Kier alpha value is -0.650. The van der Waals surface area contributed by atoms with E-state index in [1.807, 2.05) is 6.92 Å². The second-order valence-electron chi connectivity index (χ2n) is 9.25. The average Bonchev–Trinajstić information content (AvgIpc) is 2.36. The number of ether oxygens (including phenoxy) is 1. The van der Waals surface area contributed by atoms with Gasteiger partial charge in [-0.05, 0) is 50.4 Å². The van der Waals surface area contributed by atoms with Crippen LogP contribution in [0.2, 0.25) is 0 Å². The van der Waals surface area contributed by atoms with Crippen molar-refractivity contribution in [1.29, 1.82) is 0 Å². The Labute approximate surface area is 149 Å². The lowest BCUT2D eigenvalue weighted by Gasteiger charge is -2.40. The molecular weight excluding hydrogens is 304 g/mol. The molecule has 0 aliphatic rings. The zero-order valence-electron chi connectivity index (χ0n) is 17.3. The van der Waals surface area contributed by atoms with Crippen molar-refractivity contribution in [3.05, 3.63) is 0 Å². The maximum absolute atomic E-state index is 11.5. The Kier molecular flexibility index (Phi) is 8.91. The molecule has 0 aliphatic carbocycles. The van der Waals surface area contributed by atoms with Crippen molar-refractivity contribution < 1.29 is 14.4 Å². The van der Waals surface area contributed by atoms with Gasteiger partial charge in [-0.2, -0.15) is 0 Å². The van der Waals surface area contributed by atoms with Gasteiger partial charge in [0.2, 0.25) is 5.91 Å². The summed E-state index contributed by atoms with van der Waals surface area (Å²) >= 11 is 0. The van der Waals surface area contributed by atoms with E-state index in [1.54, 1.807) is 0 Å². The van der Waals surface area contributed by atoms with Gasteiger partial charge in [0.25, 0.3) is 0 Å². The van der Waals surface area contributed by atoms with Gasteiger partial charge in [-0.15, -0.1) is 0 Å². The fourth-order valence-electron chi connectivity index (χ4n) is 2.35. The number of nitrogens with two attached hydrogens (primary N) is 1. The summed E-state index contributed by atoms with van der Waals surface area (Å²) in [5.41, 5.74) is 0.225. The van der Waals surface area contributed by atoms with Crippen molar-refractivity contribution in [2.24, 2.45) is 22.6 Å². The van der Waals surface area contributed by atoms with Gasteiger partial charge in [-0.1, -0.05) is 41.5 Å². The van der Waals surface area contributed by atoms with Gasteiger partial charge in [-0.25, -0.2) is 5.90 Å². The molecule has 0 fully saturated rings. The zero-order chi connectivity index (χ0) is 19.2. The molecule has 2 unspecified atom stereocenters. The van der Waals surface area contributed by atoms with E-state index in [-0.39, 0.29) is 35.0 Å². The maximum Gasteiger partial charge on any atom is 0.248 e. The normalized spacial score (nSPS) is 15.9. The van der Waals surface area contributed by atoms with Crippen LogP contribution in [0, 0.1) is 16.7 Å². The van der Waals surface area contributed by atoms with E-state index in [1.165, 1.54) is 0 Å². The topological polar surface area (TPSA) is 73.6 Å². The summed E-state index contributed by atoms with van der Waals surface area (Å²) in [4.78, 5) is 15.9. The number of carbonyl (C=O) groups excluding carboxylic acids is 1. The van der Waals surface area contributed by atoms with Crippen molar-refractivity contribution in [1.82, 2.24) is 5.32 Å². The van der Waals surface area contributed by atoms with Crippen molar-refractivity contribution in [3.63, 3.8) is 0 Å². The third kappa shape index (κ3) is 7.95. The third-order valence-electron chi connectivity index (χ3n) is 5.75. The van der Waals surface area contributed by atoms with Crippen molar-refractivity contribution in [2.45, 2.75) is 86.8 Å². The molecule has 0 aromatic carbocycles. The van der Waals surface area contributed by atoms with Crippen LogP contribution in [0.5, 0.6) is 0 Å². The van der Waals surface area contributed by atoms with E-state index in [9.17, 15) is 4.79 Å². The first-order chi connectivity index (χ1) is 10.7. The van der Waals surface area contributed by atoms with Crippen LogP contribution in [0.3, 0.4) is 0 Å². The Morgan fingerprint density at radius 1 is 1.08 bits per heavy atom. The van der Waals surface area contributed by atoms with E-state index in [4.69, 9.17) is 10.6 Å². The van der Waals surface area contributed by atoms with Gasteiger partial charge in [-0.3, -0.25) is 9.63 Å². The number of nitrogens with one attached hydrogen (secondary N) is 1. The highest BCUT2D eigenvalue weighted by molar-refractivity contribution is 5.77. The highest BCUT2D eigenvalue weighted by atomic mass is 16.6. The fourth-order valence-corrected chi connectivity index (χ4v) is 2.35. The molecule has 1 amide bonds. The van der Waals surface area contributed by atoms with Crippen LogP contribution in [-0.4, -0.2) is 30.8 Å². The Morgan fingerprint density at radius 3 is 2.08 bits per heavy atom. The summed E-state index contributed by atoms with van der Waals surface area (Å²) in [6.45, 7) is 20.4. The first-order valence-corrected chi connectivity index (χ1v) is 8.98. The van der Waals surface area contributed by atoms with Crippen LogP contribution in [0.1, 0.15) is 75.2 Å². The number of amides is 1. The molecule has 0 saturated carbocycles. The van der Waals surface area contributed by atoms with Gasteiger partial charge in [0, 0.05) is 12.6 Å². The molecule has 5 nitrogen and oxygen atoms in total. The van der Waals surface area contributed by atoms with E-state index >= 15 is 0 Å². The summed E-state index contributed by atoms with van der Waals surface area (Å²) in [6, 6.07) is 0.0524. The van der Waals surface area contributed by atoms with E-state index < -0.39 is 0 Å². The maximum atomic E-state index is 11.5. The van der Waals surface area contributed by atoms with E-state index in [0.29, 0.717) is 5.92 Å². The van der Waals surface area contributed by atoms with Crippen LogP contribution >= 0.6 is 0 Å². The summed E-state index contributed by atoms with van der Waals surface area (Å²) < 4.78 is 6.22. The highest BCUT2D eigenvalue weighted by Gasteiger charge is 2.34. The summed E-state index contributed by atoms with van der Waals surface area (Å²) in [7, 11) is 0. The molecule has 0 aromatic rings. The monoisotopic (exact) mass is 344 g/mol. The lowest BCUT2D eigenvalue weighted by atomic mass is 9.67. The SMILES string of the molecule is CC(CC(C)C(C)(C)OCCC(C)(C)C(C)(C)C)NC(=O)CON. The molecule has 5 heteroatoms. The minimum absolute atomic E-state index is 0.0524. The van der Waals surface area contributed by atoms with Gasteiger partial charge in [0.15, 0.2) is 0 Å². The molecule has 0 aliphatic heterocycles. The molecule has 0 rings (SSSR count). The molecule has 0 saturated heterocycles. The Balaban J connectivity index is 4.43. The van der Waals surface area contributed by atoms with E-state index in [0.717, 1.165) is 19.4 Å². The minimum atomic E-state index is -0.239. The van der Waals surface area contributed by atoms with Crippen molar-refractivity contribution >= 4 is 5.91 Å². The minimum Gasteiger partial charge on any atom is -0.375 e. The lowest BCUT2D eigenvalue weighted by Crippen LogP contribution is -2.41. The third-order valence-corrected chi connectivity index (χ3v) is 5.75. The number of rotatable bonds is 10. The average molecular weight is 345 g/mol.